The van der Waals surface area contributed by atoms with E-state index in [4.69, 9.17) is 4.74 Å². The monoisotopic (exact) mass is 396 g/mol. The Hall–Kier alpha value is -1.89. The van der Waals surface area contributed by atoms with Gasteiger partial charge < -0.3 is 15.4 Å². The predicted octanol–water partition coefficient (Wildman–Crippen LogP) is 2.55. The number of carbonyl (C=O) groups is 3. The summed E-state index contributed by atoms with van der Waals surface area (Å²) in [4.78, 5) is 35.2. The van der Waals surface area contributed by atoms with Gasteiger partial charge in [0, 0.05) is 10.2 Å². The zero-order chi connectivity index (χ0) is 17.5. The summed E-state index contributed by atoms with van der Waals surface area (Å²) in [5, 5.41) is 5.16. The van der Waals surface area contributed by atoms with Gasteiger partial charge in [0.05, 0.1) is 12.5 Å². The molecule has 1 fully saturated rings. The molecule has 1 aromatic rings. The Morgan fingerprint density at radius 3 is 2.58 bits per heavy atom. The van der Waals surface area contributed by atoms with Crippen LogP contribution in [0.2, 0.25) is 0 Å². The Labute approximate surface area is 149 Å². The van der Waals surface area contributed by atoms with Gasteiger partial charge in [0.1, 0.15) is 0 Å². The van der Waals surface area contributed by atoms with Crippen molar-refractivity contribution in [2.45, 2.75) is 32.6 Å². The highest BCUT2D eigenvalue weighted by Gasteiger charge is 2.24. The number of carbonyl (C=O) groups excluding carboxylic acids is 3. The summed E-state index contributed by atoms with van der Waals surface area (Å²) in [5.74, 6) is -1.22. The van der Waals surface area contributed by atoms with E-state index >= 15 is 0 Å². The molecule has 0 radical (unpaired) electrons. The van der Waals surface area contributed by atoms with E-state index < -0.39 is 5.91 Å². The number of benzene rings is 1. The summed E-state index contributed by atoms with van der Waals surface area (Å²) in [6.45, 7) is 1.36. The number of anilines is 1. The molecule has 1 aliphatic carbocycles. The molecule has 0 bridgehead atoms. The zero-order valence-electron chi connectivity index (χ0n) is 13.6. The van der Waals surface area contributed by atoms with Gasteiger partial charge in [-0.05, 0) is 43.5 Å². The van der Waals surface area contributed by atoms with E-state index in [0.717, 1.165) is 35.7 Å². The molecule has 7 heteroatoms. The zero-order valence-corrected chi connectivity index (χ0v) is 15.1. The smallest absolute Gasteiger partial charge is 0.309 e. The Bertz CT molecular complexity index is 627. The lowest BCUT2D eigenvalue weighted by Gasteiger charge is -2.11. The number of esters is 1. The van der Waals surface area contributed by atoms with Crippen LogP contribution in [0.1, 0.15) is 31.2 Å². The topological polar surface area (TPSA) is 84.5 Å². The first kappa shape index (κ1) is 18.4. The first-order valence-corrected chi connectivity index (χ1v) is 8.74. The molecule has 2 N–H and O–H groups in total. The molecular formula is C17H21BrN2O4. The van der Waals surface area contributed by atoms with Crippen molar-refractivity contribution in [2.75, 3.05) is 18.5 Å². The number of aryl methyl sites for hydroxylation is 1. The Kier molecular flexibility index (Phi) is 6.78. The maximum absolute atomic E-state index is 11.9. The molecule has 2 rings (SSSR count). The first-order chi connectivity index (χ1) is 11.5. The van der Waals surface area contributed by atoms with Gasteiger partial charge >= 0.3 is 5.97 Å². The molecule has 1 aliphatic rings. The molecule has 6 nitrogen and oxygen atoms in total. The van der Waals surface area contributed by atoms with Crippen molar-refractivity contribution in [2.24, 2.45) is 5.92 Å². The molecule has 24 heavy (non-hydrogen) atoms. The van der Waals surface area contributed by atoms with Crippen molar-refractivity contribution < 1.29 is 19.1 Å². The lowest BCUT2D eigenvalue weighted by atomic mass is 10.1. The minimum absolute atomic E-state index is 0.0820. The molecule has 0 aliphatic heterocycles. The molecule has 0 aromatic heterocycles. The first-order valence-electron chi connectivity index (χ1n) is 7.95. The maximum atomic E-state index is 11.9. The van der Waals surface area contributed by atoms with E-state index in [2.05, 4.69) is 26.6 Å². The van der Waals surface area contributed by atoms with Gasteiger partial charge in [-0.3, -0.25) is 14.4 Å². The third-order valence-electron chi connectivity index (χ3n) is 3.94. The van der Waals surface area contributed by atoms with Crippen molar-refractivity contribution in [3.05, 3.63) is 28.2 Å². The molecular weight excluding hydrogens is 376 g/mol. The van der Waals surface area contributed by atoms with Gasteiger partial charge in [-0.1, -0.05) is 28.8 Å². The summed E-state index contributed by atoms with van der Waals surface area (Å²) >= 11 is 3.35. The normalized spacial score (nSPS) is 14.2. The van der Waals surface area contributed by atoms with E-state index in [1.165, 1.54) is 0 Å². The largest absolute Gasteiger partial charge is 0.455 e. The van der Waals surface area contributed by atoms with Gasteiger partial charge in [0.15, 0.2) is 6.61 Å². The second-order valence-electron chi connectivity index (χ2n) is 5.87. The summed E-state index contributed by atoms with van der Waals surface area (Å²) in [6.07, 6.45) is 3.72. The van der Waals surface area contributed by atoms with E-state index in [1.807, 2.05) is 19.1 Å². The fourth-order valence-electron chi connectivity index (χ4n) is 2.61. The third kappa shape index (κ3) is 5.63. The lowest BCUT2D eigenvalue weighted by molar-refractivity contribution is -0.152. The number of hydrogen-bond acceptors (Lipinski definition) is 4. The van der Waals surface area contributed by atoms with Crippen molar-refractivity contribution >= 4 is 39.4 Å². The third-order valence-corrected chi connectivity index (χ3v) is 4.44. The average molecular weight is 397 g/mol. The van der Waals surface area contributed by atoms with Crippen LogP contribution in [0.15, 0.2) is 22.7 Å². The second-order valence-corrected chi connectivity index (χ2v) is 6.79. The van der Waals surface area contributed by atoms with E-state index in [1.54, 1.807) is 6.07 Å². The van der Waals surface area contributed by atoms with Crippen LogP contribution in [0.3, 0.4) is 0 Å². The van der Waals surface area contributed by atoms with Crippen LogP contribution in [0.5, 0.6) is 0 Å². The average Bonchev–Trinajstić information content (AvgIpc) is 3.08. The highest BCUT2D eigenvalue weighted by Crippen LogP contribution is 2.25. The number of hydrogen-bond donors (Lipinski definition) is 2. The second kappa shape index (κ2) is 8.82. The van der Waals surface area contributed by atoms with Crippen LogP contribution >= 0.6 is 15.9 Å². The fourth-order valence-corrected chi connectivity index (χ4v) is 3.08. The van der Waals surface area contributed by atoms with Gasteiger partial charge in [-0.25, -0.2) is 0 Å². The van der Waals surface area contributed by atoms with Gasteiger partial charge in [-0.2, -0.15) is 0 Å². The van der Waals surface area contributed by atoms with Crippen molar-refractivity contribution in [3.8, 4) is 0 Å². The summed E-state index contributed by atoms with van der Waals surface area (Å²) < 4.78 is 5.91. The van der Waals surface area contributed by atoms with Crippen LogP contribution in [0.25, 0.3) is 0 Å². The summed E-state index contributed by atoms with van der Waals surface area (Å²) in [7, 11) is 0. The number of amides is 2. The van der Waals surface area contributed by atoms with Crippen LogP contribution in [-0.4, -0.2) is 30.9 Å². The summed E-state index contributed by atoms with van der Waals surface area (Å²) in [6, 6.07) is 5.49. The minimum Gasteiger partial charge on any atom is -0.455 e. The van der Waals surface area contributed by atoms with Gasteiger partial charge in [0.2, 0.25) is 5.91 Å². The number of rotatable bonds is 6. The van der Waals surface area contributed by atoms with E-state index in [-0.39, 0.29) is 30.9 Å². The van der Waals surface area contributed by atoms with E-state index in [9.17, 15) is 14.4 Å². The number of nitrogens with one attached hydrogen (secondary N) is 2. The van der Waals surface area contributed by atoms with Crippen LogP contribution in [0, 0.1) is 12.8 Å². The highest BCUT2D eigenvalue weighted by molar-refractivity contribution is 9.10. The van der Waals surface area contributed by atoms with Gasteiger partial charge in [0.25, 0.3) is 5.91 Å². The quantitative estimate of drug-likeness (QED) is 0.723. The Morgan fingerprint density at radius 2 is 1.92 bits per heavy atom. The Morgan fingerprint density at radius 1 is 1.21 bits per heavy atom. The number of halogens is 1. The summed E-state index contributed by atoms with van der Waals surface area (Å²) in [5.41, 5.74) is 1.60. The molecule has 1 saturated carbocycles. The van der Waals surface area contributed by atoms with Gasteiger partial charge in [-0.15, -0.1) is 0 Å². The van der Waals surface area contributed by atoms with Crippen molar-refractivity contribution in [1.82, 2.24) is 5.32 Å². The minimum atomic E-state index is -0.482. The predicted molar refractivity (Wildman–Crippen MR) is 93.4 cm³/mol. The molecule has 2 amide bonds. The van der Waals surface area contributed by atoms with Crippen molar-refractivity contribution in [1.29, 1.82) is 0 Å². The molecule has 0 saturated heterocycles. The maximum Gasteiger partial charge on any atom is 0.309 e. The van der Waals surface area contributed by atoms with E-state index in [0.29, 0.717) is 5.69 Å². The highest BCUT2D eigenvalue weighted by atomic mass is 79.9. The molecule has 0 spiro atoms. The molecule has 1 aromatic carbocycles. The lowest BCUT2D eigenvalue weighted by Crippen LogP contribution is -2.36. The number of ether oxygens (including phenoxy) is 1. The molecule has 0 atom stereocenters. The molecule has 130 valence electrons. The fraction of sp³-hybridized carbons (Fsp3) is 0.471. The Balaban J connectivity index is 1.69. The molecule has 0 heterocycles. The van der Waals surface area contributed by atoms with Crippen LogP contribution in [-0.2, 0) is 19.1 Å². The standard InChI is InChI=1S/C17H21BrN2O4/c1-11-8-13(18)6-7-14(11)20-15(21)9-19-16(22)10-24-17(23)12-4-2-3-5-12/h6-8,12H,2-5,9-10H2,1H3,(H,19,22)(H,20,21). The van der Waals surface area contributed by atoms with Crippen LogP contribution < -0.4 is 10.6 Å². The SMILES string of the molecule is Cc1cc(Br)ccc1NC(=O)CNC(=O)COC(=O)C1CCCC1. The van der Waals surface area contributed by atoms with Crippen molar-refractivity contribution in [3.63, 3.8) is 0 Å². The molecule has 0 unspecified atom stereocenters. The van der Waals surface area contributed by atoms with Crippen LogP contribution in [0.4, 0.5) is 5.69 Å².